The highest BCUT2D eigenvalue weighted by Gasteiger charge is 2.46. The lowest BCUT2D eigenvalue weighted by molar-refractivity contribution is -0.141. The molecule has 0 unspecified atom stereocenters. The maximum atomic E-state index is 13.2. The zero-order valence-electron chi connectivity index (χ0n) is 20.4. The smallest absolute Gasteiger partial charge is 0.281 e. The molecule has 184 valence electrons. The molecule has 3 heterocycles. The Morgan fingerprint density at radius 3 is 2.51 bits per heavy atom. The van der Waals surface area contributed by atoms with E-state index >= 15 is 0 Å². The van der Waals surface area contributed by atoms with E-state index in [0.29, 0.717) is 11.3 Å². The predicted octanol–water partition coefficient (Wildman–Crippen LogP) is 5.55. The first kappa shape index (κ1) is 23.2. The molecule has 1 aliphatic carbocycles. The van der Waals surface area contributed by atoms with Crippen LogP contribution in [0.25, 0.3) is 16.6 Å². The van der Waals surface area contributed by atoms with Crippen molar-refractivity contribution >= 4 is 32.5 Å². The molecule has 6 nitrogen and oxygen atoms in total. The van der Waals surface area contributed by atoms with Gasteiger partial charge in [0.2, 0.25) is 0 Å². The highest BCUT2D eigenvalue weighted by Crippen LogP contribution is 2.52. The molecule has 3 aliphatic rings. The van der Waals surface area contributed by atoms with E-state index in [9.17, 15) is 4.79 Å². The van der Waals surface area contributed by atoms with E-state index in [-0.39, 0.29) is 17.3 Å². The summed E-state index contributed by atoms with van der Waals surface area (Å²) in [7, 11) is 3.45. The fourth-order valence-electron chi connectivity index (χ4n) is 6.78. The summed E-state index contributed by atoms with van der Waals surface area (Å²) >= 11 is 3.61. The summed E-state index contributed by atoms with van der Waals surface area (Å²) in [5.74, 6) is 1.35. The number of ether oxygens (including phenoxy) is 2. The van der Waals surface area contributed by atoms with Crippen LogP contribution in [0.15, 0.2) is 45.7 Å². The highest BCUT2D eigenvalue weighted by molar-refractivity contribution is 9.10. The van der Waals surface area contributed by atoms with Crippen molar-refractivity contribution in [3.63, 3.8) is 0 Å². The van der Waals surface area contributed by atoms with Crippen molar-refractivity contribution in [2.45, 2.75) is 56.7 Å². The third-order valence-electron chi connectivity index (χ3n) is 8.49. The van der Waals surface area contributed by atoms with Crippen molar-refractivity contribution in [3.8, 4) is 5.69 Å². The molecule has 0 N–H and O–H groups in total. The maximum absolute atomic E-state index is 13.2. The monoisotopic (exact) mass is 537 g/mol. The van der Waals surface area contributed by atoms with E-state index in [1.807, 2.05) is 12.1 Å². The van der Waals surface area contributed by atoms with Gasteiger partial charge in [-0.25, -0.2) is 0 Å². The Kier molecular flexibility index (Phi) is 5.98. The van der Waals surface area contributed by atoms with Gasteiger partial charge in [0.1, 0.15) is 5.82 Å². The van der Waals surface area contributed by atoms with Gasteiger partial charge in [-0.3, -0.25) is 9.36 Å². The molecular formula is C28H32BrN3O3. The average molecular weight is 538 g/mol. The fraction of sp³-hybridized carbons (Fsp3) is 0.500. The third kappa shape index (κ3) is 3.58. The van der Waals surface area contributed by atoms with Crippen LogP contribution >= 0.6 is 15.9 Å². The van der Waals surface area contributed by atoms with Crippen molar-refractivity contribution in [2.75, 3.05) is 32.2 Å². The molecule has 2 fully saturated rings. The van der Waals surface area contributed by atoms with Crippen molar-refractivity contribution in [2.24, 2.45) is 5.92 Å². The first-order valence-electron chi connectivity index (χ1n) is 12.7. The van der Waals surface area contributed by atoms with Gasteiger partial charge < -0.3 is 14.4 Å². The number of fused-ring (bicyclic) bond motifs is 7. The number of piperidine rings is 1. The number of halogens is 1. The molecule has 0 radical (unpaired) electrons. The van der Waals surface area contributed by atoms with Gasteiger partial charge in [0, 0.05) is 43.4 Å². The lowest BCUT2D eigenvalue weighted by Crippen LogP contribution is -2.39. The van der Waals surface area contributed by atoms with Crippen molar-refractivity contribution in [3.05, 3.63) is 62.6 Å². The molecule has 35 heavy (non-hydrogen) atoms. The number of anilines is 1. The van der Waals surface area contributed by atoms with Gasteiger partial charge in [-0.15, -0.1) is 0 Å². The molecule has 3 aromatic rings. The van der Waals surface area contributed by atoms with Crippen molar-refractivity contribution < 1.29 is 9.47 Å². The Hall–Kier alpha value is -2.22. The fourth-order valence-corrected chi connectivity index (χ4v) is 7.30. The Bertz CT molecular complexity index is 1320. The van der Waals surface area contributed by atoms with E-state index in [1.54, 1.807) is 14.2 Å². The number of hydrogen-bond donors (Lipinski definition) is 0. The Balaban J connectivity index is 1.46. The summed E-state index contributed by atoms with van der Waals surface area (Å²) in [6.07, 6.45) is 7.61. The molecule has 0 atom stereocenters. The number of methoxy groups -OCH3 is 2. The second-order valence-corrected chi connectivity index (χ2v) is 11.1. The zero-order valence-corrected chi connectivity index (χ0v) is 22.0. The summed E-state index contributed by atoms with van der Waals surface area (Å²) in [6.45, 7) is 1.94. The number of rotatable bonds is 4. The van der Waals surface area contributed by atoms with Gasteiger partial charge in [0.15, 0.2) is 6.29 Å². The molecule has 0 bridgehead atoms. The van der Waals surface area contributed by atoms with Crippen LogP contribution in [0.5, 0.6) is 0 Å². The lowest BCUT2D eigenvalue weighted by Gasteiger charge is -2.36. The lowest BCUT2D eigenvalue weighted by atomic mass is 9.70. The molecule has 0 amide bonds. The van der Waals surface area contributed by atoms with Crippen LogP contribution in [0, 0.1) is 5.92 Å². The molecule has 1 saturated carbocycles. The van der Waals surface area contributed by atoms with Crippen LogP contribution in [0.3, 0.4) is 0 Å². The van der Waals surface area contributed by atoms with Gasteiger partial charge in [0.25, 0.3) is 5.56 Å². The normalized spacial score (nSPS) is 19.5. The molecule has 1 aromatic heterocycles. The minimum atomic E-state index is -0.168. The van der Waals surface area contributed by atoms with E-state index in [4.69, 9.17) is 14.5 Å². The summed E-state index contributed by atoms with van der Waals surface area (Å²) in [5, 5.41) is 0.659. The maximum Gasteiger partial charge on any atom is 0.281 e. The van der Waals surface area contributed by atoms with Gasteiger partial charge in [-0.2, -0.15) is 4.98 Å². The molecule has 1 spiro atoms. The molecule has 6 rings (SSSR count). The predicted molar refractivity (Wildman–Crippen MR) is 142 cm³/mol. The van der Waals surface area contributed by atoms with Crippen LogP contribution in [0.2, 0.25) is 0 Å². The van der Waals surface area contributed by atoms with Crippen molar-refractivity contribution in [1.82, 2.24) is 9.55 Å². The van der Waals surface area contributed by atoms with E-state index in [0.717, 1.165) is 54.6 Å². The molecule has 1 saturated heterocycles. The Labute approximate surface area is 214 Å². The van der Waals surface area contributed by atoms with Crippen LogP contribution in [0.1, 0.15) is 56.3 Å². The quantitative estimate of drug-likeness (QED) is 0.408. The van der Waals surface area contributed by atoms with Crippen LogP contribution in [-0.2, 0) is 14.9 Å². The molecule has 2 aliphatic heterocycles. The molecule has 2 aromatic carbocycles. The first-order chi connectivity index (χ1) is 17.1. The summed E-state index contributed by atoms with van der Waals surface area (Å²) in [6, 6.07) is 12.9. The summed E-state index contributed by atoms with van der Waals surface area (Å²) in [4.78, 5) is 20.4. The summed E-state index contributed by atoms with van der Waals surface area (Å²) in [5.41, 5.74) is 4.38. The van der Waals surface area contributed by atoms with E-state index < -0.39 is 0 Å². The van der Waals surface area contributed by atoms with Gasteiger partial charge >= 0.3 is 0 Å². The van der Waals surface area contributed by atoms with Gasteiger partial charge in [0.05, 0.1) is 22.0 Å². The topological polar surface area (TPSA) is 56.6 Å². The van der Waals surface area contributed by atoms with Crippen molar-refractivity contribution in [1.29, 1.82) is 0 Å². The third-order valence-corrected chi connectivity index (χ3v) is 9.15. The number of benzene rings is 2. The van der Waals surface area contributed by atoms with E-state index in [1.165, 1.54) is 36.2 Å². The molecule has 7 heteroatoms. The zero-order chi connectivity index (χ0) is 24.2. The SMILES string of the molecule is COC(OC)C1CCN(c2ccc3c(c2)-n2c(nc(=O)c4c(Br)cccc42)C32CCCCC2)CC1. The van der Waals surface area contributed by atoms with Crippen LogP contribution in [-0.4, -0.2) is 43.2 Å². The molecular weight excluding hydrogens is 506 g/mol. The number of nitrogens with zero attached hydrogens (tertiary/aromatic N) is 3. The minimum Gasteiger partial charge on any atom is -0.371 e. The second kappa shape index (κ2) is 9.02. The Morgan fingerprint density at radius 1 is 1.06 bits per heavy atom. The minimum absolute atomic E-state index is 0.135. The Morgan fingerprint density at radius 2 is 1.80 bits per heavy atom. The average Bonchev–Trinajstić information content (AvgIpc) is 3.14. The van der Waals surface area contributed by atoms with Gasteiger partial charge in [-0.05, 0) is 71.4 Å². The first-order valence-corrected chi connectivity index (χ1v) is 13.5. The summed E-state index contributed by atoms with van der Waals surface area (Å²) < 4.78 is 14.1. The van der Waals surface area contributed by atoms with Crippen LogP contribution < -0.4 is 10.5 Å². The largest absolute Gasteiger partial charge is 0.371 e. The second-order valence-electron chi connectivity index (χ2n) is 10.2. The standard InChI is InChI=1S/C28H32BrN3O3/c1-34-26(35-2)18-11-15-31(16-12-18)19-9-10-20-23(17-19)32-22-8-6-7-21(29)24(22)25(33)30-27(32)28(20)13-4-3-5-14-28/h6-10,17-18,26H,3-5,11-16H2,1-2H3. The van der Waals surface area contributed by atoms with Crippen LogP contribution in [0.4, 0.5) is 5.69 Å². The number of hydrogen-bond acceptors (Lipinski definition) is 5. The van der Waals surface area contributed by atoms with Gasteiger partial charge in [-0.1, -0.05) is 31.4 Å². The number of aromatic nitrogens is 2. The van der Waals surface area contributed by atoms with E-state index in [2.05, 4.69) is 49.7 Å². The highest BCUT2D eigenvalue weighted by atomic mass is 79.9.